The van der Waals surface area contributed by atoms with Crippen LogP contribution in [0.2, 0.25) is 0 Å². The van der Waals surface area contributed by atoms with Crippen LogP contribution in [0.15, 0.2) is 6.20 Å². The van der Waals surface area contributed by atoms with E-state index in [9.17, 15) is 4.79 Å². The fourth-order valence-corrected chi connectivity index (χ4v) is 3.10. The van der Waals surface area contributed by atoms with Crippen LogP contribution in [-0.2, 0) is 13.5 Å². The van der Waals surface area contributed by atoms with Gasteiger partial charge in [-0.15, -0.1) is 0 Å². The summed E-state index contributed by atoms with van der Waals surface area (Å²) in [5.41, 5.74) is 2.09. The zero-order valence-electron chi connectivity index (χ0n) is 9.62. The second-order valence-corrected chi connectivity index (χ2v) is 5.20. The number of aromatic nitrogens is 2. The minimum atomic E-state index is 0.221. The average Bonchev–Trinajstić information content (AvgIpc) is 2.60. The Morgan fingerprint density at radius 1 is 1.38 bits per heavy atom. The molecule has 0 radical (unpaired) electrons. The molecule has 1 N–H and O–H groups in total. The highest BCUT2D eigenvalue weighted by Gasteiger charge is 2.40. The lowest BCUT2D eigenvalue weighted by Crippen LogP contribution is -2.41. The number of carbonyl (C=O) groups excluding carboxylic acids is 1. The predicted molar refractivity (Wildman–Crippen MR) is 60.4 cm³/mol. The topological polar surface area (TPSA) is 46.9 Å². The van der Waals surface area contributed by atoms with Gasteiger partial charge in [0.1, 0.15) is 5.69 Å². The number of nitrogens with zero attached hydrogens (tertiary/aromatic N) is 2. The number of hydrogen-bond acceptors (Lipinski definition) is 3. The number of rotatable bonds is 0. The van der Waals surface area contributed by atoms with E-state index in [1.165, 1.54) is 0 Å². The van der Waals surface area contributed by atoms with Crippen molar-refractivity contribution in [1.29, 1.82) is 0 Å². The lowest BCUT2D eigenvalue weighted by Gasteiger charge is -2.39. The minimum Gasteiger partial charge on any atom is -0.317 e. The molecular weight excluding hydrogens is 202 g/mol. The summed E-state index contributed by atoms with van der Waals surface area (Å²) in [5.74, 6) is 0.240. The molecule has 0 atom stereocenters. The van der Waals surface area contributed by atoms with Crippen molar-refractivity contribution in [3.8, 4) is 0 Å². The number of nitrogens with one attached hydrogen (secondary N) is 1. The summed E-state index contributed by atoms with van der Waals surface area (Å²) in [6.07, 6.45) is 5.97. The largest absolute Gasteiger partial charge is 0.317 e. The Morgan fingerprint density at radius 3 is 2.88 bits per heavy atom. The second-order valence-electron chi connectivity index (χ2n) is 5.20. The molecule has 0 amide bonds. The molecule has 1 aromatic heterocycles. The predicted octanol–water partition coefficient (Wildman–Crippen LogP) is 0.919. The van der Waals surface area contributed by atoms with Gasteiger partial charge < -0.3 is 5.32 Å². The number of aryl methyl sites for hydroxylation is 1. The highest BCUT2D eigenvalue weighted by Crippen LogP contribution is 2.41. The maximum absolute atomic E-state index is 12.1. The SMILES string of the molecule is Cn1cc2c(n1)C(=O)CC1(CCNCC1)C2. The Labute approximate surface area is 95.0 Å². The van der Waals surface area contributed by atoms with Crippen molar-refractivity contribution in [2.75, 3.05) is 13.1 Å². The average molecular weight is 219 g/mol. The van der Waals surface area contributed by atoms with Crippen LogP contribution >= 0.6 is 0 Å². The van der Waals surface area contributed by atoms with E-state index in [0.29, 0.717) is 12.1 Å². The fourth-order valence-electron chi connectivity index (χ4n) is 3.10. The first-order chi connectivity index (χ1) is 7.69. The van der Waals surface area contributed by atoms with Crippen LogP contribution in [0.1, 0.15) is 35.3 Å². The van der Waals surface area contributed by atoms with Crippen molar-refractivity contribution in [2.24, 2.45) is 12.5 Å². The molecule has 1 fully saturated rings. The van der Waals surface area contributed by atoms with Gasteiger partial charge in [-0.1, -0.05) is 0 Å². The normalized spacial score (nSPS) is 23.4. The Hall–Kier alpha value is -1.16. The van der Waals surface area contributed by atoms with Gasteiger partial charge in [0.15, 0.2) is 5.78 Å². The molecule has 86 valence electrons. The van der Waals surface area contributed by atoms with Crippen LogP contribution in [-0.4, -0.2) is 28.7 Å². The Morgan fingerprint density at radius 2 is 2.12 bits per heavy atom. The van der Waals surface area contributed by atoms with E-state index in [1.807, 2.05) is 13.2 Å². The second kappa shape index (κ2) is 3.42. The zero-order valence-corrected chi connectivity index (χ0v) is 9.62. The maximum atomic E-state index is 12.1. The minimum absolute atomic E-state index is 0.221. The highest BCUT2D eigenvalue weighted by atomic mass is 16.1. The van der Waals surface area contributed by atoms with Crippen molar-refractivity contribution in [3.05, 3.63) is 17.5 Å². The molecular formula is C12H17N3O. The van der Waals surface area contributed by atoms with Crippen LogP contribution in [0.3, 0.4) is 0 Å². The van der Waals surface area contributed by atoms with Crippen LogP contribution in [0.4, 0.5) is 0 Å². The number of carbonyl (C=O) groups is 1. The molecule has 1 saturated heterocycles. The van der Waals surface area contributed by atoms with E-state index in [4.69, 9.17) is 0 Å². The Balaban J connectivity index is 1.96. The monoisotopic (exact) mass is 219 g/mol. The number of piperidine rings is 1. The van der Waals surface area contributed by atoms with E-state index in [0.717, 1.165) is 37.9 Å². The number of fused-ring (bicyclic) bond motifs is 1. The Bertz CT molecular complexity index is 429. The van der Waals surface area contributed by atoms with Gasteiger partial charge in [0, 0.05) is 25.2 Å². The van der Waals surface area contributed by atoms with Crippen LogP contribution in [0, 0.1) is 5.41 Å². The molecule has 2 heterocycles. The molecule has 0 aromatic carbocycles. The van der Waals surface area contributed by atoms with Gasteiger partial charge >= 0.3 is 0 Å². The van der Waals surface area contributed by atoms with E-state index in [2.05, 4.69) is 10.4 Å². The quantitative estimate of drug-likeness (QED) is 0.705. The molecule has 1 aliphatic carbocycles. The van der Waals surface area contributed by atoms with Crippen molar-refractivity contribution >= 4 is 5.78 Å². The molecule has 1 aliphatic heterocycles. The molecule has 16 heavy (non-hydrogen) atoms. The summed E-state index contributed by atoms with van der Waals surface area (Å²) in [5, 5.41) is 7.63. The molecule has 3 rings (SSSR count). The van der Waals surface area contributed by atoms with E-state index < -0.39 is 0 Å². The van der Waals surface area contributed by atoms with Crippen LogP contribution < -0.4 is 5.32 Å². The van der Waals surface area contributed by atoms with E-state index in [-0.39, 0.29) is 11.2 Å². The molecule has 4 heteroatoms. The highest BCUT2D eigenvalue weighted by molar-refractivity contribution is 5.97. The summed E-state index contributed by atoms with van der Waals surface area (Å²) in [7, 11) is 1.89. The maximum Gasteiger partial charge on any atom is 0.183 e. The van der Waals surface area contributed by atoms with Gasteiger partial charge in [-0.05, 0) is 37.8 Å². The van der Waals surface area contributed by atoms with Gasteiger partial charge in [0.05, 0.1) is 0 Å². The number of Topliss-reactive ketones (excluding diaryl/α,β-unsaturated/α-hetero) is 1. The third-order valence-electron chi connectivity index (χ3n) is 3.93. The third-order valence-corrected chi connectivity index (χ3v) is 3.93. The molecule has 0 bridgehead atoms. The van der Waals surface area contributed by atoms with Crippen molar-refractivity contribution in [3.63, 3.8) is 0 Å². The first-order valence-corrected chi connectivity index (χ1v) is 5.95. The molecule has 1 aromatic rings. The summed E-state index contributed by atoms with van der Waals surface area (Å²) >= 11 is 0. The smallest absolute Gasteiger partial charge is 0.183 e. The first-order valence-electron chi connectivity index (χ1n) is 5.95. The number of ketones is 1. The van der Waals surface area contributed by atoms with Gasteiger partial charge in [-0.25, -0.2) is 0 Å². The standard InChI is InChI=1S/C12H17N3O/c1-15-8-9-6-12(2-4-13-5-3-12)7-10(16)11(9)14-15/h8,13H,2-7H2,1H3. The lowest BCUT2D eigenvalue weighted by molar-refractivity contribution is 0.0830. The molecule has 0 saturated carbocycles. The molecule has 1 spiro atoms. The summed E-state index contributed by atoms with van der Waals surface area (Å²) in [6.45, 7) is 2.09. The van der Waals surface area contributed by atoms with Gasteiger partial charge in [-0.2, -0.15) is 5.10 Å². The van der Waals surface area contributed by atoms with Crippen LogP contribution in [0.5, 0.6) is 0 Å². The Kier molecular flexibility index (Phi) is 2.14. The summed E-state index contributed by atoms with van der Waals surface area (Å²) < 4.78 is 1.77. The fraction of sp³-hybridized carbons (Fsp3) is 0.667. The first kappa shape index (κ1) is 10.0. The summed E-state index contributed by atoms with van der Waals surface area (Å²) in [4.78, 5) is 12.1. The molecule has 4 nitrogen and oxygen atoms in total. The van der Waals surface area contributed by atoms with Gasteiger partial charge in [0.25, 0.3) is 0 Å². The van der Waals surface area contributed by atoms with Crippen molar-refractivity contribution in [1.82, 2.24) is 15.1 Å². The third kappa shape index (κ3) is 1.48. The van der Waals surface area contributed by atoms with E-state index >= 15 is 0 Å². The van der Waals surface area contributed by atoms with Gasteiger partial charge in [0.2, 0.25) is 0 Å². The van der Waals surface area contributed by atoms with Crippen molar-refractivity contribution < 1.29 is 4.79 Å². The van der Waals surface area contributed by atoms with Gasteiger partial charge in [-0.3, -0.25) is 9.48 Å². The number of hydrogen-bond donors (Lipinski definition) is 1. The molecule has 2 aliphatic rings. The zero-order chi connectivity index (χ0) is 11.2. The summed E-state index contributed by atoms with van der Waals surface area (Å²) in [6, 6.07) is 0. The molecule has 0 unspecified atom stereocenters. The van der Waals surface area contributed by atoms with E-state index in [1.54, 1.807) is 4.68 Å². The van der Waals surface area contributed by atoms with Crippen molar-refractivity contribution in [2.45, 2.75) is 25.7 Å². The van der Waals surface area contributed by atoms with Crippen LogP contribution in [0.25, 0.3) is 0 Å². The lowest BCUT2D eigenvalue weighted by atomic mass is 9.67.